The number of carbonyl (C=O) groups is 2. The molecule has 1 amide bonds. The Morgan fingerprint density at radius 3 is 2.55 bits per heavy atom. The lowest BCUT2D eigenvalue weighted by molar-refractivity contribution is -0.148. The Balaban J connectivity index is 2.13. The molecule has 0 aromatic heterocycles. The number of carboxylic acid groups (broad SMARTS) is 1. The van der Waals surface area contributed by atoms with Crippen LogP contribution >= 0.6 is 11.8 Å². The van der Waals surface area contributed by atoms with E-state index >= 15 is 0 Å². The van der Waals surface area contributed by atoms with E-state index in [1.165, 1.54) is 0 Å². The predicted octanol–water partition coefficient (Wildman–Crippen LogP) is 0.132. The molecule has 1 saturated heterocycles. The van der Waals surface area contributed by atoms with Gasteiger partial charge in [0.05, 0.1) is 11.0 Å². The van der Waals surface area contributed by atoms with Crippen LogP contribution in [0.2, 0.25) is 0 Å². The molecule has 0 aromatic rings. The summed E-state index contributed by atoms with van der Waals surface area (Å²) in [4.78, 5) is 23.6. The zero-order valence-electron chi connectivity index (χ0n) is 11.5. The second kappa shape index (κ2) is 5.22. The predicted molar refractivity (Wildman–Crippen MR) is 76.4 cm³/mol. The van der Waals surface area contributed by atoms with Crippen molar-refractivity contribution in [2.24, 2.45) is 11.8 Å². The quantitative estimate of drug-likeness (QED) is 0.721. The summed E-state index contributed by atoms with van der Waals surface area (Å²) in [6, 6.07) is 0. The maximum atomic E-state index is 12.1. The maximum absolute atomic E-state index is 12.1. The Hall–Kier alpha value is -0.760. The average Bonchev–Trinajstić information content (AvgIpc) is 3.11. The van der Waals surface area contributed by atoms with E-state index < -0.39 is 38.3 Å². The van der Waals surface area contributed by atoms with Gasteiger partial charge in [0.2, 0.25) is 5.91 Å². The molecule has 2 N–H and O–H groups in total. The van der Waals surface area contributed by atoms with Crippen LogP contribution in [0.25, 0.3) is 0 Å². The Morgan fingerprint density at radius 2 is 2.15 bits per heavy atom. The van der Waals surface area contributed by atoms with Crippen molar-refractivity contribution in [3.05, 3.63) is 0 Å². The lowest BCUT2D eigenvalue weighted by Crippen LogP contribution is -2.59. The molecule has 4 atom stereocenters. The molecule has 0 aromatic carbocycles. The number of aliphatic carboxylic acids is 1. The molecular weight excluding hydrogens is 302 g/mol. The van der Waals surface area contributed by atoms with Crippen LogP contribution in [-0.4, -0.2) is 54.0 Å². The minimum Gasteiger partial charge on any atom is -0.479 e. The lowest BCUT2D eigenvalue weighted by atomic mass is 9.94. The normalized spacial score (nSPS) is 35.1. The van der Waals surface area contributed by atoms with Crippen molar-refractivity contribution >= 4 is 33.5 Å². The van der Waals surface area contributed by atoms with E-state index in [0.717, 1.165) is 5.75 Å². The zero-order chi connectivity index (χ0) is 15.1. The van der Waals surface area contributed by atoms with E-state index in [-0.39, 0.29) is 11.8 Å². The van der Waals surface area contributed by atoms with Crippen LogP contribution in [0.5, 0.6) is 0 Å². The first-order valence-electron chi connectivity index (χ1n) is 6.50. The smallest absolute Gasteiger partial charge is 0.330 e. The molecule has 20 heavy (non-hydrogen) atoms. The van der Waals surface area contributed by atoms with Gasteiger partial charge >= 0.3 is 5.97 Å². The van der Waals surface area contributed by atoms with Gasteiger partial charge in [-0.25, -0.2) is 13.2 Å². The van der Waals surface area contributed by atoms with Crippen molar-refractivity contribution in [1.29, 1.82) is 0 Å². The third-order valence-electron chi connectivity index (χ3n) is 4.19. The Labute approximate surface area is 122 Å². The summed E-state index contributed by atoms with van der Waals surface area (Å²) >= 11 is 1.61. The van der Waals surface area contributed by atoms with E-state index in [4.69, 9.17) is 0 Å². The second-order valence-corrected chi connectivity index (χ2v) is 8.84. The number of carboxylic acids is 1. The molecule has 2 aliphatic rings. The molecule has 6 nitrogen and oxygen atoms in total. The summed E-state index contributed by atoms with van der Waals surface area (Å²) in [5.41, 5.74) is -1.62. The van der Waals surface area contributed by atoms with E-state index in [0.29, 0.717) is 12.8 Å². The van der Waals surface area contributed by atoms with Crippen LogP contribution in [-0.2, 0) is 19.4 Å². The van der Waals surface area contributed by atoms with Crippen molar-refractivity contribution in [2.75, 3.05) is 17.8 Å². The lowest BCUT2D eigenvalue weighted by Gasteiger charge is -2.28. The molecule has 114 valence electrons. The largest absolute Gasteiger partial charge is 0.479 e. The van der Waals surface area contributed by atoms with Gasteiger partial charge in [-0.1, -0.05) is 6.92 Å². The van der Waals surface area contributed by atoms with Gasteiger partial charge in [0.15, 0.2) is 15.4 Å². The summed E-state index contributed by atoms with van der Waals surface area (Å²) in [6.45, 7) is 1.73. The highest BCUT2D eigenvalue weighted by atomic mass is 32.2. The Morgan fingerprint density at radius 1 is 1.50 bits per heavy atom. The monoisotopic (exact) mass is 321 g/mol. The summed E-state index contributed by atoms with van der Waals surface area (Å²) in [5, 5.41) is 11.4. The number of nitrogens with one attached hydrogen (secondary N) is 1. The number of hydrogen-bond donors (Lipinski definition) is 2. The molecule has 0 radical (unpaired) electrons. The third kappa shape index (κ3) is 2.55. The van der Waals surface area contributed by atoms with Gasteiger partial charge < -0.3 is 10.4 Å². The summed E-state index contributed by atoms with van der Waals surface area (Å²) in [7, 11) is -3.39. The standard InChI is InChI=1S/C12H19NO5S2/c1-7(3-4-19-2)10(14)13-12(11(15)16)6-20(17,18)9-5-8(9)12/h7-9H,3-6H2,1-2H3,(H,13,14)(H,15,16)/t7-,8-,9+,12+/m1/s1. The minimum atomic E-state index is -3.39. The average molecular weight is 321 g/mol. The van der Waals surface area contributed by atoms with E-state index in [1.54, 1.807) is 18.7 Å². The second-order valence-electron chi connectivity index (χ2n) is 5.64. The van der Waals surface area contributed by atoms with Crippen molar-refractivity contribution in [3.63, 3.8) is 0 Å². The first-order valence-corrected chi connectivity index (χ1v) is 9.61. The van der Waals surface area contributed by atoms with Crippen LogP contribution in [0.1, 0.15) is 19.8 Å². The number of fused-ring (bicyclic) bond motifs is 1. The molecule has 1 heterocycles. The van der Waals surface area contributed by atoms with Crippen molar-refractivity contribution in [2.45, 2.75) is 30.6 Å². The van der Waals surface area contributed by atoms with E-state index in [2.05, 4.69) is 5.32 Å². The molecule has 0 bridgehead atoms. The number of carbonyl (C=O) groups excluding carboxylic acids is 1. The van der Waals surface area contributed by atoms with E-state index in [1.807, 2.05) is 6.26 Å². The van der Waals surface area contributed by atoms with Crippen LogP contribution in [0, 0.1) is 11.8 Å². The first-order chi connectivity index (χ1) is 9.24. The number of rotatable bonds is 6. The molecule has 0 unspecified atom stereocenters. The highest BCUT2D eigenvalue weighted by Crippen LogP contribution is 2.52. The van der Waals surface area contributed by atoms with Crippen LogP contribution in [0.15, 0.2) is 0 Å². The minimum absolute atomic E-state index is 0.320. The van der Waals surface area contributed by atoms with Gasteiger partial charge in [0.1, 0.15) is 0 Å². The molecule has 2 rings (SSSR count). The number of sulfone groups is 1. The summed E-state index contributed by atoms with van der Waals surface area (Å²) in [6.07, 6.45) is 2.92. The third-order valence-corrected chi connectivity index (χ3v) is 7.13. The molecule has 8 heteroatoms. The summed E-state index contributed by atoms with van der Waals surface area (Å²) in [5.74, 6) is -2.08. The molecule has 1 aliphatic carbocycles. The number of amides is 1. The SMILES string of the molecule is CSCC[C@@H](C)C(=O)N[C@@]1(C(=O)O)CS(=O)(=O)[C@H]2C[C@H]21. The highest BCUT2D eigenvalue weighted by Gasteiger charge is 2.70. The summed E-state index contributed by atoms with van der Waals surface area (Å²) < 4.78 is 23.7. The Bertz CT molecular complexity index is 532. The van der Waals surface area contributed by atoms with Gasteiger partial charge in [-0.2, -0.15) is 11.8 Å². The van der Waals surface area contributed by atoms with Crippen molar-refractivity contribution < 1.29 is 23.1 Å². The fourth-order valence-electron chi connectivity index (χ4n) is 2.79. The molecular formula is C12H19NO5S2. The van der Waals surface area contributed by atoms with Gasteiger partial charge in [0, 0.05) is 11.8 Å². The van der Waals surface area contributed by atoms with Crippen LogP contribution in [0.3, 0.4) is 0 Å². The first kappa shape index (κ1) is 15.6. The molecule has 1 saturated carbocycles. The number of thioether (sulfide) groups is 1. The maximum Gasteiger partial charge on any atom is 0.330 e. The van der Waals surface area contributed by atoms with Crippen LogP contribution in [0.4, 0.5) is 0 Å². The fourth-order valence-corrected chi connectivity index (χ4v) is 5.87. The topological polar surface area (TPSA) is 101 Å². The van der Waals surface area contributed by atoms with Crippen LogP contribution < -0.4 is 5.32 Å². The van der Waals surface area contributed by atoms with Gasteiger partial charge in [-0.15, -0.1) is 0 Å². The van der Waals surface area contributed by atoms with Crippen molar-refractivity contribution in [1.82, 2.24) is 5.32 Å². The Kier molecular flexibility index (Phi) is 4.07. The van der Waals surface area contributed by atoms with Gasteiger partial charge in [0.25, 0.3) is 0 Å². The zero-order valence-corrected chi connectivity index (χ0v) is 13.1. The number of hydrogen-bond acceptors (Lipinski definition) is 5. The molecule has 0 spiro atoms. The highest BCUT2D eigenvalue weighted by molar-refractivity contribution is 7.98. The van der Waals surface area contributed by atoms with Gasteiger partial charge in [-0.05, 0) is 24.9 Å². The van der Waals surface area contributed by atoms with Gasteiger partial charge in [-0.3, -0.25) is 4.79 Å². The van der Waals surface area contributed by atoms with Crippen molar-refractivity contribution in [3.8, 4) is 0 Å². The molecule has 1 aliphatic heterocycles. The molecule has 2 fully saturated rings. The van der Waals surface area contributed by atoms with E-state index in [9.17, 15) is 23.1 Å². The fraction of sp³-hybridized carbons (Fsp3) is 0.833.